The summed E-state index contributed by atoms with van der Waals surface area (Å²) in [5.41, 5.74) is 4.78. The number of hydrogen-bond donors (Lipinski definition) is 3. The highest BCUT2D eigenvalue weighted by Gasteiger charge is 2.23. The van der Waals surface area contributed by atoms with Gasteiger partial charge in [0.15, 0.2) is 0 Å². The van der Waals surface area contributed by atoms with Crippen molar-refractivity contribution in [2.45, 2.75) is 77.3 Å². The third kappa shape index (κ3) is 8.17. The lowest BCUT2D eigenvalue weighted by molar-refractivity contribution is -0.138. The number of aromatic nitrogens is 2. The molecule has 0 aliphatic carbocycles. The van der Waals surface area contributed by atoms with Gasteiger partial charge in [0.05, 0.1) is 43.1 Å². The van der Waals surface area contributed by atoms with E-state index in [0.717, 1.165) is 53.5 Å². The second kappa shape index (κ2) is 15.4. The van der Waals surface area contributed by atoms with Crippen LogP contribution in [-0.2, 0) is 41.6 Å². The molecule has 3 heterocycles. The highest BCUT2D eigenvalue weighted by atomic mass is 32.1. The molecule has 2 unspecified atom stereocenters. The highest BCUT2D eigenvalue weighted by molar-refractivity contribution is 7.16. The van der Waals surface area contributed by atoms with Crippen LogP contribution >= 0.6 is 34.4 Å². The molecule has 0 aliphatic heterocycles. The first-order chi connectivity index (χ1) is 21.9. The Balaban J connectivity index is 1.65. The van der Waals surface area contributed by atoms with Gasteiger partial charge in [0, 0.05) is 37.1 Å². The van der Waals surface area contributed by atoms with Crippen molar-refractivity contribution in [3.63, 3.8) is 0 Å². The zero-order chi connectivity index (χ0) is 33.5. The van der Waals surface area contributed by atoms with Gasteiger partial charge < -0.3 is 30.1 Å². The van der Waals surface area contributed by atoms with Gasteiger partial charge in [-0.1, -0.05) is 39.8 Å². The summed E-state index contributed by atoms with van der Waals surface area (Å²) < 4.78 is 9.24. The molecule has 2 atom stereocenters. The molecule has 0 spiro atoms. The molecule has 0 fully saturated rings. The maximum atomic E-state index is 12.8. The molecule has 0 radical (unpaired) electrons. The Morgan fingerprint density at radius 2 is 1.24 bits per heavy atom. The molecule has 46 heavy (non-hydrogen) atoms. The summed E-state index contributed by atoms with van der Waals surface area (Å²) in [4.78, 5) is 73.7. The SMILES string of the molecule is CC(C)c1sc(-c2ccc(-c3cc(CC(=O)NC(C=O)CC(=O)O)c(C(C)C)s3)c3nsnc23)cc1CC(=O)NC(C=O)CC=O. The van der Waals surface area contributed by atoms with Gasteiger partial charge in [-0.3, -0.25) is 14.4 Å². The van der Waals surface area contributed by atoms with E-state index in [1.165, 1.54) is 0 Å². The maximum absolute atomic E-state index is 12.8. The number of carbonyl (C=O) groups is 6. The molecule has 0 saturated carbocycles. The molecular formula is C32H34N4O7S3. The normalized spacial score (nSPS) is 12.7. The molecule has 0 saturated heterocycles. The molecule has 1 aromatic carbocycles. The van der Waals surface area contributed by atoms with E-state index >= 15 is 0 Å². The van der Waals surface area contributed by atoms with E-state index in [9.17, 15) is 28.8 Å². The number of benzene rings is 1. The van der Waals surface area contributed by atoms with Crippen molar-refractivity contribution >= 4 is 82.1 Å². The van der Waals surface area contributed by atoms with Crippen LogP contribution in [0.4, 0.5) is 0 Å². The predicted molar refractivity (Wildman–Crippen MR) is 179 cm³/mol. The predicted octanol–water partition coefficient (Wildman–Crippen LogP) is 4.91. The summed E-state index contributed by atoms with van der Waals surface area (Å²) in [5.74, 6) is -1.70. The smallest absolute Gasteiger partial charge is 0.305 e. The summed E-state index contributed by atoms with van der Waals surface area (Å²) in [6, 6.07) is 5.91. The number of carboxylic acids is 1. The third-order valence-electron chi connectivity index (χ3n) is 7.15. The fourth-order valence-electron chi connectivity index (χ4n) is 5.10. The van der Waals surface area contributed by atoms with E-state index in [4.69, 9.17) is 5.11 Å². The Morgan fingerprint density at radius 3 is 1.63 bits per heavy atom. The number of nitrogens with one attached hydrogen (secondary N) is 2. The summed E-state index contributed by atoms with van der Waals surface area (Å²) in [7, 11) is 0. The van der Waals surface area contributed by atoms with Crippen molar-refractivity contribution in [3.05, 3.63) is 45.1 Å². The first-order valence-corrected chi connectivity index (χ1v) is 17.0. The van der Waals surface area contributed by atoms with Gasteiger partial charge in [-0.2, -0.15) is 8.75 Å². The lowest BCUT2D eigenvalue weighted by atomic mass is 10.0. The zero-order valence-electron chi connectivity index (χ0n) is 25.7. The fraction of sp³-hybridized carbons (Fsp3) is 0.375. The van der Waals surface area contributed by atoms with Crippen LogP contribution in [0.1, 0.15) is 73.3 Å². The van der Waals surface area contributed by atoms with Gasteiger partial charge in [-0.25, -0.2) is 0 Å². The number of amides is 2. The number of carbonyl (C=O) groups excluding carboxylic acids is 5. The molecule has 14 heteroatoms. The first-order valence-electron chi connectivity index (χ1n) is 14.6. The third-order valence-corrected chi connectivity index (χ3v) is 10.7. The molecule has 3 N–H and O–H groups in total. The van der Waals surface area contributed by atoms with Crippen molar-refractivity contribution in [2.75, 3.05) is 0 Å². The van der Waals surface area contributed by atoms with Gasteiger partial charge >= 0.3 is 5.97 Å². The maximum Gasteiger partial charge on any atom is 0.305 e. The molecule has 4 aromatic rings. The van der Waals surface area contributed by atoms with Crippen LogP contribution in [0.25, 0.3) is 31.9 Å². The average Bonchev–Trinajstić information content (AvgIpc) is 3.74. The van der Waals surface area contributed by atoms with Crippen LogP contribution in [0.15, 0.2) is 24.3 Å². The number of nitrogens with zero attached hydrogens (tertiary/aromatic N) is 2. The topological polar surface area (TPSA) is 172 Å². The monoisotopic (exact) mass is 682 g/mol. The van der Waals surface area contributed by atoms with Crippen molar-refractivity contribution in [3.8, 4) is 20.9 Å². The van der Waals surface area contributed by atoms with E-state index in [2.05, 4.69) is 19.4 Å². The van der Waals surface area contributed by atoms with Gasteiger partial charge in [0.25, 0.3) is 0 Å². The largest absolute Gasteiger partial charge is 0.481 e. The van der Waals surface area contributed by atoms with Crippen molar-refractivity contribution in [1.29, 1.82) is 0 Å². The summed E-state index contributed by atoms with van der Waals surface area (Å²) in [6.45, 7) is 8.15. The molecule has 4 rings (SSSR count). The molecule has 11 nitrogen and oxygen atoms in total. The van der Waals surface area contributed by atoms with E-state index in [0.29, 0.717) is 29.9 Å². The average molecular weight is 683 g/mol. The summed E-state index contributed by atoms with van der Waals surface area (Å²) >= 11 is 4.22. The minimum absolute atomic E-state index is 0.00319. The number of fused-ring (bicyclic) bond motifs is 1. The van der Waals surface area contributed by atoms with E-state index in [1.807, 2.05) is 52.0 Å². The molecule has 2 amide bonds. The second-order valence-electron chi connectivity index (χ2n) is 11.4. The first kappa shape index (κ1) is 34.7. The van der Waals surface area contributed by atoms with Crippen molar-refractivity contribution in [1.82, 2.24) is 19.4 Å². The van der Waals surface area contributed by atoms with Crippen molar-refractivity contribution < 1.29 is 33.9 Å². The lowest BCUT2D eigenvalue weighted by Crippen LogP contribution is -2.38. The van der Waals surface area contributed by atoms with E-state index < -0.39 is 30.4 Å². The Kier molecular flexibility index (Phi) is 11.7. The minimum atomic E-state index is -1.18. The highest BCUT2D eigenvalue weighted by Crippen LogP contribution is 2.43. The fourth-order valence-corrected chi connectivity index (χ4v) is 8.10. The summed E-state index contributed by atoms with van der Waals surface area (Å²) in [6.07, 6.45) is 1.09. The van der Waals surface area contributed by atoms with Gasteiger partial charge in [0.2, 0.25) is 11.8 Å². The van der Waals surface area contributed by atoms with Crippen LogP contribution in [0.5, 0.6) is 0 Å². The van der Waals surface area contributed by atoms with Gasteiger partial charge in [-0.05, 0) is 35.1 Å². The van der Waals surface area contributed by atoms with Crippen LogP contribution < -0.4 is 10.6 Å². The molecule has 242 valence electrons. The molecule has 0 bridgehead atoms. The number of aldehydes is 3. The molecule has 0 aliphatic rings. The number of hydrogen-bond acceptors (Lipinski definition) is 11. The Labute approximate surface area is 277 Å². The number of rotatable bonds is 16. The molecular weight excluding hydrogens is 649 g/mol. The number of thiophene rings is 2. The van der Waals surface area contributed by atoms with Gasteiger partial charge in [0.1, 0.15) is 29.9 Å². The van der Waals surface area contributed by atoms with Crippen molar-refractivity contribution in [2.24, 2.45) is 0 Å². The number of carboxylic acid groups (broad SMARTS) is 1. The standard InChI is InChI=1S/C32H34N4O7S3/c1-16(2)31-18(11-26(40)33-20(14-38)7-8-37)9-24(44-31)22-5-6-23(30-29(22)35-46-36-30)25-10-19(32(45-25)17(3)4)12-27(41)34-21(15-39)13-28(42)43/h5-6,8-10,14-17,20-21H,7,11-13H2,1-4H3,(H,33,40)(H,34,41)(H,42,43). The quantitative estimate of drug-likeness (QED) is 0.139. The molecule has 3 aromatic heterocycles. The minimum Gasteiger partial charge on any atom is -0.481 e. The van der Waals surface area contributed by atoms with Crippen LogP contribution in [0.2, 0.25) is 0 Å². The Bertz CT molecular complexity index is 1770. The number of aliphatic carboxylic acids is 1. The van der Waals surface area contributed by atoms with Crippen LogP contribution in [-0.4, -0.2) is 62.6 Å². The zero-order valence-corrected chi connectivity index (χ0v) is 28.1. The summed E-state index contributed by atoms with van der Waals surface area (Å²) in [5, 5.41) is 14.1. The van der Waals surface area contributed by atoms with E-state index in [-0.39, 0.29) is 37.0 Å². The Morgan fingerprint density at radius 1 is 0.783 bits per heavy atom. The van der Waals surface area contributed by atoms with Crippen LogP contribution in [0, 0.1) is 0 Å². The second-order valence-corrected chi connectivity index (χ2v) is 14.1. The van der Waals surface area contributed by atoms with Gasteiger partial charge in [-0.15, -0.1) is 22.7 Å². The Hall–Kier alpha value is -4.14. The van der Waals surface area contributed by atoms with E-state index in [1.54, 1.807) is 22.7 Å². The van der Waals surface area contributed by atoms with Crippen LogP contribution in [0.3, 0.4) is 0 Å². The lowest BCUT2D eigenvalue weighted by Gasteiger charge is -2.11.